The van der Waals surface area contributed by atoms with Crippen molar-refractivity contribution in [2.45, 2.75) is 92.8 Å². The second-order valence-corrected chi connectivity index (χ2v) is 11.1. The van der Waals surface area contributed by atoms with Crippen LogP contribution >= 0.6 is 0 Å². The van der Waals surface area contributed by atoms with E-state index in [1.54, 1.807) is 13.0 Å². The fraction of sp³-hybridized carbons (Fsp3) is 0.500. The lowest BCUT2D eigenvalue weighted by molar-refractivity contribution is -0.105. The maximum atomic E-state index is 12.4. The van der Waals surface area contributed by atoms with Gasteiger partial charge in [0.2, 0.25) is 0 Å². The maximum absolute atomic E-state index is 12.4. The molecule has 232 valence electrons. The number of nitrogens with one attached hydrogen (secondary N) is 2. The molecule has 0 saturated carbocycles. The zero-order valence-corrected chi connectivity index (χ0v) is 26.9. The smallest absolute Gasteiger partial charge is 0.392 e. The summed E-state index contributed by atoms with van der Waals surface area (Å²) in [5.74, 6) is 0.564. The molecule has 0 radical (unpaired) electrons. The SMILES string of the molecule is C=C/C(=C\C=C(/C)C/C(C=O)=C(\CCCC)N(CC(C)O)C(CC)NC)c1ccccc1-c1noc(=O)[nH]1.CC(C)C. The van der Waals surface area contributed by atoms with E-state index in [1.807, 2.05) is 50.4 Å². The number of H-pyrrole nitrogens is 1. The standard InChI is InChI=1S/C30H42N4O4.C4H10/c1-7-10-15-27(34(19-22(5)36)28(9-3)31-6)24(20-35)18-21(4)16-17-23(8-2)25-13-11-12-14-26(25)29-32-30(37)38-33-29;1-4(2)3/h8,11-14,16-17,20,22,28,31,36H,2,7,9-10,15,18-19H2,1,3-6H3,(H,32,33,37);4H,1-3H3/b21-16+,23-17+,27-24-;. The molecule has 2 atom stereocenters. The molecule has 0 amide bonds. The van der Waals surface area contributed by atoms with Crippen molar-refractivity contribution in [2.75, 3.05) is 13.6 Å². The first kappa shape index (κ1) is 36.5. The van der Waals surface area contributed by atoms with E-state index >= 15 is 0 Å². The summed E-state index contributed by atoms with van der Waals surface area (Å²) < 4.78 is 4.69. The van der Waals surface area contributed by atoms with E-state index in [0.29, 0.717) is 18.8 Å². The summed E-state index contributed by atoms with van der Waals surface area (Å²) in [6.07, 6.45) is 10.1. The molecule has 0 aliphatic heterocycles. The average molecular weight is 581 g/mol. The van der Waals surface area contributed by atoms with Crippen LogP contribution in [0.3, 0.4) is 0 Å². The quantitative estimate of drug-likeness (QED) is 0.0859. The summed E-state index contributed by atoms with van der Waals surface area (Å²) in [7, 11) is 1.90. The number of aromatic nitrogens is 2. The lowest BCUT2D eigenvalue weighted by atomic mass is 9.97. The minimum atomic E-state index is -0.616. The number of aldehydes is 1. The number of aliphatic hydroxyl groups is 1. The molecule has 0 aliphatic rings. The van der Waals surface area contributed by atoms with Gasteiger partial charge in [-0.15, -0.1) is 0 Å². The number of carbonyl (C=O) groups excluding carboxylic acids is 1. The van der Waals surface area contributed by atoms with Crippen molar-refractivity contribution in [3.05, 3.63) is 82.0 Å². The van der Waals surface area contributed by atoms with E-state index in [9.17, 15) is 14.7 Å². The summed E-state index contributed by atoms with van der Waals surface area (Å²) in [4.78, 5) is 28.6. The Morgan fingerprint density at radius 2 is 1.86 bits per heavy atom. The number of unbranched alkanes of at least 4 members (excludes halogenated alkanes) is 1. The molecule has 2 rings (SSSR count). The highest BCUT2D eigenvalue weighted by molar-refractivity contribution is 5.84. The number of nitrogens with zero attached hydrogens (tertiary/aromatic N) is 2. The number of aliphatic hydroxyl groups excluding tert-OH is 1. The van der Waals surface area contributed by atoms with Crippen molar-refractivity contribution in [3.63, 3.8) is 0 Å². The first-order valence-corrected chi connectivity index (χ1v) is 15.0. The third-order valence-corrected chi connectivity index (χ3v) is 6.35. The molecule has 8 heteroatoms. The van der Waals surface area contributed by atoms with Crippen molar-refractivity contribution in [2.24, 2.45) is 5.92 Å². The van der Waals surface area contributed by atoms with Gasteiger partial charge < -0.3 is 15.3 Å². The Balaban J connectivity index is 0.00000206. The van der Waals surface area contributed by atoms with Crippen LogP contribution < -0.4 is 11.1 Å². The van der Waals surface area contributed by atoms with E-state index in [-0.39, 0.29) is 6.17 Å². The van der Waals surface area contributed by atoms with Crippen molar-refractivity contribution in [1.82, 2.24) is 20.4 Å². The van der Waals surface area contributed by atoms with Crippen LogP contribution in [0, 0.1) is 5.92 Å². The van der Waals surface area contributed by atoms with Crippen LogP contribution in [-0.4, -0.2) is 52.3 Å². The maximum Gasteiger partial charge on any atom is 0.439 e. The predicted octanol–water partition coefficient (Wildman–Crippen LogP) is 6.88. The minimum absolute atomic E-state index is 0.0161. The first-order valence-electron chi connectivity index (χ1n) is 15.0. The topological polar surface area (TPSA) is 111 Å². The Labute approximate surface area is 252 Å². The van der Waals surface area contributed by atoms with Gasteiger partial charge in [0, 0.05) is 23.4 Å². The summed E-state index contributed by atoms with van der Waals surface area (Å²) >= 11 is 0. The molecule has 0 spiro atoms. The van der Waals surface area contributed by atoms with Crippen LogP contribution in [0.5, 0.6) is 0 Å². The van der Waals surface area contributed by atoms with Gasteiger partial charge in [0.15, 0.2) is 5.82 Å². The second kappa shape index (κ2) is 19.6. The van der Waals surface area contributed by atoms with E-state index in [2.05, 4.69) is 66.1 Å². The predicted molar refractivity (Wildman–Crippen MR) is 174 cm³/mol. The number of allylic oxidation sites excluding steroid dienone is 7. The fourth-order valence-electron chi connectivity index (χ4n) is 4.48. The highest BCUT2D eigenvalue weighted by Crippen LogP contribution is 2.28. The molecule has 0 saturated heterocycles. The zero-order chi connectivity index (χ0) is 31.7. The monoisotopic (exact) mass is 580 g/mol. The number of hydrogen-bond donors (Lipinski definition) is 3. The Bertz CT molecular complexity index is 1240. The molecule has 1 aromatic carbocycles. The van der Waals surface area contributed by atoms with Crippen LogP contribution in [0.25, 0.3) is 17.0 Å². The van der Waals surface area contributed by atoms with Crippen molar-refractivity contribution >= 4 is 11.9 Å². The van der Waals surface area contributed by atoms with E-state index in [0.717, 1.165) is 71.4 Å². The molecular formula is C34H52N4O4. The first-order chi connectivity index (χ1) is 20.0. The molecule has 42 heavy (non-hydrogen) atoms. The number of hydrogen-bond acceptors (Lipinski definition) is 7. The minimum Gasteiger partial charge on any atom is -0.392 e. The lowest BCUT2D eigenvalue weighted by Crippen LogP contribution is -2.46. The number of benzene rings is 1. The molecule has 8 nitrogen and oxygen atoms in total. The molecular weight excluding hydrogens is 528 g/mol. The molecule has 1 aromatic heterocycles. The van der Waals surface area contributed by atoms with Crippen LogP contribution in [0.2, 0.25) is 0 Å². The van der Waals surface area contributed by atoms with Crippen molar-refractivity contribution in [1.29, 1.82) is 0 Å². The van der Waals surface area contributed by atoms with Crippen LogP contribution in [0.1, 0.15) is 86.1 Å². The molecule has 3 N–H and O–H groups in total. The van der Waals surface area contributed by atoms with Crippen LogP contribution in [0.15, 0.2) is 75.2 Å². The fourth-order valence-corrected chi connectivity index (χ4v) is 4.48. The summed E-state index contributed by atoms with van der Waals surface area (Å²) in [5.41, 5.74) is 5.10. The molecule has 0 aliphatic carbocycles. The number of rotatable bonds is 16. The van der Waals surface area contributed by atoms with Gasteiger partial charge in [0.05, 0.1) is 12.3 Å². The van der Waals surface area contributed by atoms with Gasteiger partial charge >= 0.3 is 5.76 Å². The van der Waals surface area contributed by atoms with Crippen LogP contribution in [0.4, 0.5) is 0 Å². The van der Waals surface area contributed by atoms with Gasteiger partial charge in [0.1, 0.15) is 6.29 Å². The Hall–Kier alpha value is -3.49. The van der Waals surface area contributed by atoms with Gasteiger partial charge in [-0.3, -0.25) is 14.3 Å². The zero-order valence-electron chi connectivity index (χ0n) is 26.9. The third kappa shape index (κ3) is 12.2. The summed E-state index contributed by atoms with van der Waals surface area (Å²) in [6, 6.07) is 7.54. The highest BCUT2D eigenvalue weighted by atomic mass is 16.5. The van der Waals surface area contributed by atoms with Gasteiger partial charge in [-0.2, -0.15) is 0 Å². The normalized spacial score (nSPS) is 14.0. The lowest BCUT2D eigenvalue weighted by Gasteiger charge is -2.37. The summed E-state index contributed by atoms with van der Waals surface area (Å²) in [5, 5.41) is 17.4. The van der Waals surface area contributed by atoms with Gasteiger partial charge in [-0.1, -0.05) is 101 Å². The van der Waals surface area contributed by atoms with E-state index in [1.165, 1.54) is 0 Å². The van der Waals surface area contributed by atoms with Crippen molar-refractivity contribution in [3.8, 4) is 11.4 Å². The average Bonchev–Trinajstić information content (AvgIpc) is 3.39. The molecule has 1 heterocycles. The number of carbonyl (C=O) groups is 1. The molecule has 2 aromatic rings. The largest absolute Gasteiger partial charge is 0.439 e. The van der Waals surface area contributed by atoms with Gasteiger partial charge in [-0.05, 0) is 63.6 Å². The van der Waals surface area contributed by atoms with Gasteiger partial charge in [-0.25, -0.2) is 4.79 Å². The Kier molecular flexibility index (Phi) is 17.0. The third-order valence-electron chi connectivity index (χ3n) is 6.35. The van der Waals surface area contributed by atoms with Crippen LogP contribution in [-0.2, 0) is 4.79 Å². The van der Waals surface area contributed by atoms with Gasteiger partial charge in [0.25, 0.3) is 0 Å². The molecule has 2 unspecified atom stereocenters. The highest BCUT2D eigenvalue weighted by Gasteiger charge is 2.22. The van der Waals surface area contributed by atoms with Crippen molar-refractivity contribution < 1.29 is 14.4 Å². The molecule has 0 fully saturated rings. The van der Waals surface area contributed by atoms with E-state index in [4.69, 9.17) is 0 Å². The molecule has 0 bridgehead atoms. The number of aromatic amines is 1. The Morgan fingerprint density at radius 3 is 2.36 bits per heavy atom. The Morgan fingerprint density at radius 1 is 1.19 bits per heavy atom. The summed E-state index contributed by atoms with van der Waals surface area (Å²) in [6.45, 7) is 18.9. The second-order valence-electron chi connectivity index (χ2n) is 11.1. The van der Waals surface area contributed by atoms with E-state index < -0.39 is 11.9 Å².